The fraction of sp³-hybridized carbons (Fsp3) is 1.00. The maximum atomic E-state index is 2.74. The minimum absolute atomic E-state index is 0.198. The second-order valence-corrected chi connectivity index (χ2v) is 8.95. The summed E-state index contributed by atoms with van der Waals surface area (Å²) in [5, 5.41) is 0. The van der Waals surface area contributed by atoms with Crippen LogP contribution in [0.3, 0.4) is 0 Å². The Bertz CT molecular complexity index is 17.6. The van der Waals surface area contributed by atoms with Gasteiger partial charge in [0, 0.05) is 0 Å². The molecule has 0 saturated heterocycles. The molecule has 0 bridgehead atoms. The predicted molar refractivity (Wildman–Crippen MR) is 40.9 cm³/mol. The van der Waals surface area contributed by atoms with E-state index in [4.69, 9.17) is 0 Å². The Morgan fingerprint density at radius 3 is 1.60 bits per heavy atom. The number of hydrogen-bond acceptors (Lipinski definition) is 0. The Morgan fingerprint density at radius 1 is 1.40 bits per heavy atom. The lowest BCUT2D eigenvalue weighted by molar-refractivity contribution is 2.30. The van der Waals surface area contributed by atoms with E-state index in [2.05, 4.69) is 27.1 Å². The van der Waals surface area contributed by atoms with Crippen LogP contribution in [0.2, 0.25) is 0 Å². The minimum Gasteiger partial charge on any atom is -0.133 e. The normalized spacial score (nSPS) is 9.60. The van der Waals surface area contributed by atoms with E-state index in [1.165, 1.54) is 5.90 Å². The van der Waals surface area contributed by atoms with Crippen molar-refractivity contribution in [2.45, 2.75) is 0 Å². The molecule has 3 unspecified atom stereocenters. The molecule has 0 heterocycles. The minimum atomic E-state index is 0.198. The molecule has 0 aliphatic heterocycles. The van der Waals surface area contributed by atoms with Crippen molar-refractivity contribution in [2.75, 3.05) is 5.90 Å². The van der Waals surface area contributed by atoms with Gasteiger partial charge in [0.1, 0.15) is 0 Å². The van der Waals surface area contributed by atoms with Gasteiger partial charge in [0.05, 0.1) is 0 Å². The quantitative estimate of drug-likeness (QED) is 0.493. The second-order valence-electron chi connectivity index (χ2n) is 0.697. The molecule has 0 N–H and O–H groups in total. The first-order chi connectivity index (χ1) is 2.27. The highest BCUT2D eigenvalue weighted by Crippen LogP contribution is 2.53. The van der Waals surface area contributed by atoms with Gasteiger partial charge in [0.2, 0.25) is 0 Å². The van der Waals surface area contributed by atoms with Gasteiger partial charge in [-0.05, 0) is 5.90 Å². The van der Waals surface area contributed by atoms with E-state index in [0.717, 1.165) is 0 Å². The third-order valence-electron chi connectivity index (χ3n) is 0.211. The molecule has 32 valence electrons. The van der Waals surface area contributed by atoms with Gasteiger partial charge in [-0.25, -0.2) is 0 Å². The van der Waals surface area contributed by atoms with Gasteiger partial charge in [0.25, 0.3) is 0 Å². The second kappa shape index (κ2) is 3.89. The molecule has 0 rings (SSSR count). The summed E-state index contributed by atoms with van der Waals surface area (Å²) in [6, 6.07) is 0. The topological polar surface area (TPSA) is 0 Å². The van der Waals surface area contributed by atoms with Gasteiger partial charge in [-0.2, -0.15) is 0 Å². The van der Waals surface area contributed by atoms with Crippen LogP contribution in [0, 0.1) is 0 Å². The van der Waals surface area contributed by atoms with Crippen LogP contribution in [0.25, 0.3) is 0 Å². The summed E-state index contributed by atoms with van der Waals surface area (Å²) >= 11 is 0. The van der Waals surface area contributed by atoms with E-state index >= 15 is 0 Å². The molecular formula is CH8P4. The molecule has 0 nitrogen and oxygen atoms in total. The third kappa shape index (κ3) is 5.72. The van der Waals surface area contributed by atoms with Crippen LogP contribution in [0.1, 0.15) is 0 Å². The Hall–Kier alpha value is 1.72. The van der Waals surface area contributed by atoms with E-state index < -0.39 is 0 Å². The first-order valence-corrected chi connectivity index (χ1v) is 6.82. The molecule has 0 saturated carbocycles. The predicted octanol–water partition coefficient (Wildman–Crippen LogP) is 1.88. The van der Waals surface area contributed by atoms with E-state index in [1.807, 2.05) is 0 Å². The van der Waals surface area contributed by atoms with Gasteiger partial charge in [-0.3, -0.25) is 0 Å². The summed E-state index contributed by atoms with van der Waals surface area (Å²) < 4.78 is 0. The average Bonchev–Trinajstić information content (AvgIpc) is 1.38. The molecule has 0 aliphatic carbocycles. The molecule has 0 spiro atoms. The van der Waals surface area contributed by atoms with Crippen molar-refractivity contribution in [3.05, 3.63) is 0 Å². The molecule has 0 aromatic carbocycles. The van der Waals surface area contributed by atoms with Crippen LogP contribution in [-0.4, -0.2) is 5.90 Å². The van der Waals surface area contributed by atoms with Crippen LogP contribution in [0.4, 0.5) is 0 Å². The molecule has 0 aromatic rings. The monoisotopic (exact) mass is 144 g/mol. The van der Waals surface area contributed by atoms with Gasteiger partial charge >= 0.3 is 0 Å². The Balaban J connectivity index is 2.54. The van der Waals surface area contributed by atoms with Crippen molar-refractivity contribution in [1.82, 2.24) is 0 Å². The summed E-state index contributed by atoms with van der Waals surface area (Å²) in [6.07, 6.45) is 0. The maximum Gasteiger partial charge on any atom is -0.0108 e. The lowest BCUT2D eigenvalue weighted by Gasteiger charge is -1.91. The van der Waals surface area contributed by atoms with Crippen LogP contribution in [0.15, 0.2) is 0 Å². The molecule has 3 atom stereocenters. The smallest absolute Gasteiger partial charge is 0.0108 e. The fourth-order valence-corrected chi connectivity index (χ4v) is 0. The summed E-state index contributed by atoms with van der Waals surface area (Å²) in [4.78, 5) is 0. The van der Waals surface area contributed by atoms with Gasteiger partial charge in [0.15, 0.2) is 0 Å². The molecule has 4 heteroatoms. The largest absolute Gasteiger partial charge is 0.133 e. The standard InChI is InChI=1S/CH8P4/c2-1-5(3)4/h1-4H2. The molecule has 0 amide bonds. The maximum absolute atomic E-state index is 2.74. The van der Waals surface area contributed by atoms with E-state index in [-0.39, 0.29) is 7.30 Å². The first kappa shape index (κ1) is 6.72. The zero-order valence-corrected chi connectivity index (χ0v) is 7.24. The van der Waals surface area contributed by atoms with Crippen molar-refractivity contribution in [3.8, 4) is 0 Å². The summed E-state index contributed by atoms with van der Waals surface area (Å²) in [7, 11) is 8.36. The summed E-state index contributed by atoms with van der Waals surface area (Å²) in [5.74, 6) is 1.21. The van der Waals surface area contributed by atoms with Gasteiger partial charge < -0.3 is 0 Å². The highest BCUT2D eigenvalue weighted by atomic mass is 32.4. The number of hydrogen-bond donors (Lipinski definition) is 0. The zero-order valence-electron chi connectivity index (χ0n) is 2.89. The fourth-order valence-electron chi connectivity index (χ4n) is 0. The molecule has 0 fully saturated rings. The molecule has 0 radical (unpaired) electrons. The lowest BCUT2D eigenvalue weighted by Crippen LogP contribution is -1.38. The Morgan fingerprint density at radius 2 is 1.60 bits per heavy atom. The van der Waals surface area contributed by atoms with Crippen molar-refractivity contribution >= 4 is 34.4 Å². The molecule has 0 aromatic heterocycles. The average molecular weight is 144 g/mol. The lowest BCUT2D eigenvalue weighted by atomic mass is 11.9. The van der Waals surface area contributed by atoms with E-state index in [1.54, 1.807) is 0 Å². The summed E-state index contributed by atoms with van der Waals surface area (Å²) in [5.41, 5.74) is 0. The van der Waals surface area contributed by atoms with Gasteiger partial charge in [-0.15, -0.1) is 27.1 Å². The van der Waals surface area contributed by atoms with Crippen LogP contribution >= 0.6 is 34.4 Å². The molecule has 0 aliphatic rings. The van der Waals surface area contributed by atoms with Crippen LogP contribution < -0.4 is 0 Å². The van der Waals surface area contributed by atoms with Crippen molar-refractivity contribution in [3.63, 3.8) is 0 Å². The van der Waals surface area contributed by atoms with Crippen LogP contribution in [0.5, 0.6) is 0 Å². The Labute approximate surface area is 41.0 Å². The summed E-state index contributed by atoms with van der Waals surface area (Å²) in [6.45, 7) is 0. The highest BCUT2D eigenvalue weighted by Gasteiger charge is 1.78. The van der Waals surface area contributed by atoms with E-state index in [0.29, 0.717) is 0 Å². The van der Waals surface area contributed by atoms with Crippen LogP contribution in [-0.2, 0) is 0 Å². The molecular weight excluding hydrogens is 136 g/mol. The third-order valence-corrected chi connectivity index (χ3v) is 5.69. The van der Waals surface area contributed by atoms with E-state index in [9.17, 15) is 0 Å². The van der Waals surface area contributed by atoms with Crippen molar-refractivity contribution in [1.29, 1.82) is 0 Å². The first-order valence-electron chi connectivity index (χ1n) is 1.24. The van der Waals surface area contributed by atoms with Gasteiger partial charge in [-0.1, -0.05) is 7.30 Å². The van der Waals surface area contributed by atoms with Crippen molar-refractivity contribution in [2.24, 2.45) is 0 Å². The Kier molecular flexibility index (Phi) is 5.23. The van der Waals surface area contributed by atoms with Crippen molar-refractivity contribution < 1.29 is 0 Å². The zero-order chi connectivity index (χ0) is 4.28. The number of rotatable bonds is 1. The highest BCUT2D eigenvalue weighted by molar-refractivity contribution is 8.44. The SMILES string of the molecule is PCP(P)P. The molecule has 5 heavy (non-hydrogen) atoms.